The van der Waals surface area contributed by atoms with E-state index >= 15 is 0 Å². The van der Waals surface area contributed by atoms with Crippen LogP contribution in [0, 0.1) is 0 Å². The van der Waals surface area contributed by atoms with E-state index < -0.39 is 0 Å². The van der Waals surface area contributed by atoms with E-state index in [1.165, 1.54) is 17.9 Å². The largest absolute Gasteiger partial charge is 0.382 e. The van der Waals surface area contributed by atoms with E-state index in [9.17, 15) is 0 Å². The van der Waals surface area contributed by atoms with Crippen LogP contribution in [0.4, 0.5) is 0 Å². The summed E-state index contributed by atoms with van der Waals surface area (Å²) in [5, 5.41) is 3.44. The number of methoxy groups -OCH3 is 1. The monoisotopic (exact) mass is 235 g/mol. The summed E-state index contributed by atoms with van der Waals surface area (Å²) in [5.41, 5.74) is 0. The number of hydrogen-bond donors (Lipinski definition) is 1. The van der Waals surface area contributed by atoms with Crippen LogP contribution in [-0.4, -0.2) is 51.0 Å². The molecule has 0 heterocycles. The van der Waals surface area contributed by atoms with Crippen molar-refractivity contribution in [3.63, 3.8) is 0 Å². The van der Waals surface area contributed by atoms with E-state index in [0.717, 1.165) is 13.2 Å². The Morgan fingerprint density at radius 3 is 2.80 bits per heavy atom. The van der Waals surface area contributed by atoms with Crippen molar-refractivity contribution >= 4 is 11.8 Å². The summed E-state index contributed by atoms with van der Waals surface area (Å²) in [7, 11) is 1.69. The highest BCUT2D eigenvalue weighted by molar-refractivity contribution is 7.99. The van der Waals surface area contributed by atoms with Crippen molar-refractivity contribution in [3.8, 4) is 0 Å². The first-order valence-corrected chi connectivity index (χ1v) is 6.84. The number of rotatable bonds is 11. The molecule has 0 aromatic heterocycles. The molecule has 3 nitrogen and oxygen atoms in total. The van der Waals surface area contributed by atoms with Crippen LogP contribution in [0.2, 0.25) is 0 Å². The lowest BCUT2D eigenvalue weighted by atomic mass is 10.3. The zero-order chi connectivity index (χ0) is 11.4. The summed E-state index contributed by atoms with van der Waals surface area (Å²) in [6.07, 6.45) is 1.24. The Morgan fingerprint density at radius 2 is 2.13 bits per heavy atom. The van der Waals surface area contributed by atoms with Gasteiger partial charge in [0, 0.05) is 13.2 Å². The molecular formula is C11H25NO2S. The highest BCUT2D eigenvalue weighted by atomic mass is 32.2. The van der Waals surface area contributed by atoms with Crippen molar-refractivity contribution in [1.29, 1.82) is 0 Å². The van der Waals surface area contributed by atoms with Crippen molar-refractivity contribution in [1.82, 2.24) is 5.32 Å². The van der Waals surface area contributed by atoms with Gasteiger partial charge >= 0.3 is 0 Å². The van der Waals surface area contributed by atoms with Crippen LogP contribution in [0.1, 0.15) is 20.3 Å². The van der Waals surface area contributed by atoms with E-state index in [2.05, 4.69) is 19.2 Å². The number of thioether (sulfide) groups is 1. The molecule has 92 valence electrons. The molecule has 4 heteroatoms. The molecule has 0 aliphatic rings. The number of ether oxygens (including phenoxy) is 2. The first-order valence-electron chi connectivity index (χ1n) is 5.69. The minimum atomic E-state index is 0.438. The first kappa shape index (κ1) is 15.2. The normalized spacial score (nSPS) is 13.0. The van der Waals surface area contributed by atoms with E-state index in [0.29, 0.717) is 19.3 Å². The molecule has 1 N–H and O–H groups in total. The molecule has 0 bridgehead atoms. The molecule has 15 heavy (non-hydrogen) atoms. The van der Waals surface area contributed by atoms with Crippen molar-refractivity contribution in [2.75, 3.05) is 45.0 Å². The Kier molecular flexibility index (Phi) is 12.5. The third-order valence-electron chi connectivity index (χ3n) is 1.96. The molecule has 1 unspecified atom stereocenters. The lowest BCUT2D eigenvalue weighted by Gasteiger charge is -2.13. The SMILES string of the molecule is CCSCCCNC(C)COCCOC. The third kappa shape index (κ3) is 12.2. The zero-order valence-electron chi connectivity index (χ0n) is 10.3. The van der Waals surface area contributed by atoms with Crippen LogP contribution in [0.25, 0.3) is 0 Å². The molecule has 0 radical (unpaired) electrons. The molecule has 0 aromatic rings. The molecule has 0 saturated heterocycles. The Bertz CT molecular complexity index is 125. The van der Waals surface area contributed by atoms with Crippen LogP contribution in [-0.2, 0) is 9.47 Å². The third-order valence-corrected chi connectivity index (χ3v) is 2.95. The van der Waals surface area contributed by atoms with E-state index in [1.54, 1.807) is 7.11 Å². The van der Waals surface area contributed by atoms with E-state index in [-0.39, 0.29) is 0 Å². The Labute approximate surface area is 98.3 Å². The standard InChI is InChI=1S/C11H25NO2S/c1-4-15-9-5-6-12-11(2)10-14-8-7-13-3/h11-12H,4-10H2,1-3H3. The fourth-order valence-corrected chi connectivity index (χ4v) is 1.77. The number of hydrogen-bond acceptors (Lipinski definition) is 4. The lowest BCUT2D eigenvalue weighted by molar-refractivity contribution is 0.0611. The van der Waals surface area contributed by atoms with Crippen molar-refractivity contribution in [2.24, 2.45) is 0 Å². The summed E-state index contributed by atoms with van der Waals surface area (Å²) in [4.78, 5) is 0. The molecule has 0 saturated carbocycles. The van der Waals surface area contributed by atoms with Gasteiger partial charge in [0.15, 0.2) is 0 Å². The second kappa shape index (κ2) is 12.3. The van der Waals surface area contributed by atoms with Gasteiger partial charge in [0.1, 0.15) is 0 Å². The summed E-state index contributed by atoms with van der Waals surface area (Å²) >= 11 is 2.00. The molecule has 0 aliphatic heterocycles. The summed E-state index contributed by atoms with van der Waals surface area (Å²) < 4.78 is 10.3. The zero-order valence-corrected chi connectivity index (χ0v) is 11.1. The van der Waals surface area contributed by atoms with Crippen LogP contribution in [0.5, 0.6) is 0 Å². The molecule has 1 atom stereocenters. The van der Waals surface area contributed by atoms with Crippen LogP contribution >= 0.6 is 11.8 Å². The van der Waals surface area contributed by atoms with Gasteiger partial charge in [-0.3, -0.25) is 0 Å². The minimum absolute atomic E-state index is 0.438. The average Bonchev–Trinajstić information content (AvgIpc) is 2.24. The molecule has 0 fully saturated rings. The first-order chi connectivity index (χ1) is 7.31. The Morgan fingerprint density at radius 1 is 1.33 bits per heavy atom. The molecule has 0 aliphatic carbocycles. The maximum atomic E-state index is 5.42. The summed E-state index contributed by atoms with van der Waals surface area (Å²) in [6, 6.07) is 0.438. The Hall–Kier alpha value is 0.230. The van der Waals surface area contributed by atoms with Crippen molar-refractivity contribution in [2.45, 2.75) is 26.3 Å². The predicted octanol–water partition coefficient (Wildman–Crippen LogP) is 1.77. The second-order valence-electron chi connectivity index (χ2n) is 3.47. The summed E-state index contributed by atoms with van der Waals surface area (Å²) in [5.74, 6) is 2.47. The van der Waals surface area contributed by atoms with Crippen LogP contribution < -0.4 is 5.32 Å². The van der Waals surface area contributed by atoms with Crippen LogP contribution in [0.15, 0.2) is 0 Å². The van der Waals surface area contributed by atoms with Crippen molar-refractivity contribution in [3.05, 3.63) is 0 Å². The van der Waals surface area contributed by atoms with Gasteiger partial charge < -0.3 is 14.8 Å². The molecule has 0 amide bonds. The predicted molar refractivity (Wildman–Crippen MR) is 67.8 cm³/mol. The van der Waals surface area contributed by atoms with Gasteiger partial charge in [-0.15, -0.1) is 0 Å². The molecule has 0 aromatic carbocycles. The average molecular weight is 235 g/mol. The smallest absolute Gasteiger partial charge is 0.0701 e. The van der Waals surface area contributed by atoms with Crippen LogP contribution in [0.3, 0.4) is 0 Å². The molecular weight excluding hydrogens is 210 g/mol. The van der Waals surface area contributed by atoms with Crippen molar-refractivity contribution < 1.29 is 9.47 Å². The molecule has 0 rings (SSSR count). The number of nitrogens with one attached hydrogen (secondary N) is 1. The summed E-state index contributed by atoms with van der Waals surface area (Å²) in [6.45, 7) is 7.57. The van der Waals surface area contributed by atoms with Gasteiger partial charge in [0.05, 0.1) is 19.8 Å². The topological polar surface area (TPSA) is 30.5 Å². The maximum absolute atomic E-state index is 5.42. The van der Waals surface area contributed by atoms with E-state index in [4.69, 9.17) is 9.47 Å². The quantitative estimate of drug-likeness (QED) is 0.553. The fourth-order valence-electron chi connectivity index (χ4n) is 1.13. The van der Waals surface area contributed by atoms with E-state index in [1.807, 2.05) is 11.8 Å². The highest BCUT2D eigenvalue weighted by Gasteiger charge is 2.00. The van der Waals surface area contributed by atoms with Gasteiger partial charge in [-0.05, 0) is 31.4 Å². The van der Waals surface area contributed by atoms with Gasteiger partial charge in [0.25, 0.3) is 0 Å². The lowest BCUT2D eigenvalue weighted by Crippen LogP contribution is -2.32. The second-order valence-corrected chi connectivity index (χ2v) is 4.87. The highest BCUT2D eigenvalue weighted by Crippen LogP contribution is 1.99. The minimum Gasteiger partial charge on any atom is -0.382 e. The van der Waals surface area contributed by atoms with Gasteiger partial charge in [-0.1, -0.05) is 6.92 Å². The fraction of sp³-hybridized carbons (Fsp3) is 1.00. The van der Waals surface area contributed by atoms with Gasteiger partial charge in [-0.2, -0.15) is 11.8 Å². The maximum Gasteiger partial charge on any atom is 0.0701 e. The molecule has 0 spiro atoms. The van der Waals surface area contributed by atoms with Gasteiger partial charge in [0.2, 0.25) is 0 Å². The van der Waals surface area contributed by atoms with Gasteiger partial charge in [-0.25, -0.2) is 0 Å². The Balaban J connectivity index is 3.08.